The number of carbonyl (C=O) groups is 1. The standard InChI is InChI=1S/C16H20O6/c1-16(2)21-12-11(9-19-15(18-3)13(12)22-16)20-14(17)10-7-5-4-6-8-10/h4-8,11-13,15H,9H2,1-3H3/t11-,12?,13?,15?/m0/s1. The largest absolute Gasteiger partial charge is 0.453 e. The first kappa shape index (κ1) is 15.4. The molecule has 2 heterocycles. The van der Waals surface area contributed by atoms with Crippen LogP contribution < -0.4 is 0 Å². The smallest absolute Gasteiger partial charge is 0.338 e. The zero-order valence-electron chi connectivity index (χ0n) is 12.9. The summed E-state index contributed by atoms with van der Waals surface area (Å²) in [6.07, 6.45) is -1.91. The van der Waals surface area contributed by atoms with Crippen LogP contribution in [0.5, 0.6) is 0 Å². The van der Waals surface area contributed by atoms with Crippen LogP contribution in [0.2, 0.25) is 0 Å². The summed E-state index contributed by atoms with van der Waals surface area (Å²) in [4.78, 5) is 12.2. The molecule has 0 aliphatic carbocycles. The topological polar surface area (TPSA) is 63.2 Å². The van der Waals surface area contributed by atoms with Gasteiger partial charge in [0.05, 0.1) is 12.2 Å². The lowest BCUT2D eigenvalue weighted by Crippen LogP contribution is -2.53. The lowest BCUT2D eigenvalue weighted by Gasteiger charge is -2.35. The SMILES string of the molecule is COC1OC[C@H](OC(=O)c2ccccc2)C2OC(C)(C)OC12. The highest BCUT2D eigenvalue weighted by molar-refractivity contribution is 5.89. The molecule has 4 atom stereocenters. The maximum Gasteiger partial charge on any atom is 0.338 e. The van der Waals surface area contributed by atoms with Crippen LogP contribution in [0.3, 0.4) is 0 Å². The summed E-state index contributed by atoms with van der Waals surface area (Å²) < 4.78 is 28.1. The van der Waals surface area contributed by atoms with Gasteiger partial charge in [-0.25, -0.2) is 4.79 Å². The van der Waals surface area contributed by atoms with Crippen molar-refractivity contribution in [2.45, 2.75) is 44.2 Å². The second-order valence-corrected chi connectivity index (χ2v) is 5.81. The minimum atomic E-state index is -0.767. The van der Waals surface area contributed by atoms with Gasteiger partial charge >= 0.3 is 5.97 Å². The van der Waals surface area contributed by atoms with E-state index in [2.05, 4.69) is 0 Å². The molecule has 6 heteroatoms. The first-order valence-corrected chi connectivity index (χ1v) is 7.26. The van der Waals surface area contributed by atoms with Gasteiger partial charge in [0.1, 0.15) is 12.2 Å². The summed E-state index contributed by atoms with van der Waals surface area (Å²) >= 11 is 0. The zero-order valence-corrected chi connectivity index (χ0v) is 12.9. The van der Waals surface area contributed by atoms with Crippen molar-refractivity contribution in [3.05, 3.63) is 35.9 Å². The van der Waals surface area contributed by atoms with E-state index < -0.39 is 36.4 Å². The lowest BCUT2D eigenvalue weighted by molar-refractivity contribution is -0.237. The maximum absolute atomic E-state index is 12.2. The van der Waals surface area contributed by atoms with Gasteiger partial charge in [-0.3, -0.25) is 0 Å². The Kier molecular flexibility index (Phi) is 4.18. The number of methoxy groups -OCH3 is 1. The van der Waals surface area contributed by atoms with E-state index in [1.165, 1.54) is 0 Å². The molecule has 3 unspecified atom stereocenters. The molecule has 2 aliphatic heterocycles. The molecular formula is C16H20O6. The van der Waals surface area contributed by atoms with Gasteiger partial charge in [0.15, 0.2) is 18.2 Å². The summed E-state index contributed by atoms with van der Waals surface area (Å²) in [6, 6.07) is 8.83. The van der Waals surface area contributed by atoms with Crippen LogP contribution in [-0.2, 0) is 23.7 Å². The Bertz CT molecular complexity index is 529. The highest BCUT2D eigenvalue weighted by Gasteiger charge is 2.53. The minimum absolute atomic E-state index is 0.206. The van der Waals surface area contributed by atoms with Crippen LogP contribution in [0.4, 0.5) is 0 Å². The monoisotopic (exact) mass is 308 g/mol. The van der Waals surface area contributed by atoms with Crippen molar-refractivity contribution < 1.29 is 28.5 Å². The zero-order chi connectivity index (χ0) is 15.7. The van der Waals surface area contributed by atoms with Gasteiger partial charge in [-0.15, -0.1) is 0 Å². The predicted molar refractivity (Wildman–Crippen MR) is 76.2 cm³/mol. The van der Waals surface area contributed by atoms with Crippen molar-refractivity contribution in [3.8, 4) is 0 Å². The third-order valence-corrected chi connectivity index (χ3v) is 3.72. The van der Waals surface area contributed by atoms with Crippen LogP contribution in [0.1, 0.15) is 24.2 Å². The molecule has 0 bridgehead atoms. The van der Waals surface area contributed by atoms with Crippen molar-refractivity contribution in [2.75, 3.05) is 13.7 Å². The van der Waals surface area contributed by atoms with E-state index in [4.69, 9.17) is 23.7 Å². The Morgan fingerprint density at radius 1 is 1.18 bits per heavy atom. The number of benzene rings is 1. The maximum atomic E-state index is 12.2. The molecule has 0 spiro atoms. The summed E-state index contributed by atoms with van der Waals surface area (Å²) in [5, 5.41) is 0. The fraction of sp³-hybridized carbons (Fsp3) is 0.562. The second kappa shape index (κ2) is 5.96. The molecule has 2 fully saturated rings. The third kappa shape index (κ3) is 3.01. The molecule has 1 aromatic carbocycles. The van der Waals surface area contributed by atoms with E-state index in [1.54, 1.807) is 31.4 Å². The van der Waals surface area contributed by atoms with Crippen LogP contribution in [0.15, 0.2) is 30.3 Å². The Balaban J connectivity index is 1.73. The average Bonchev–Trinajstić information content (AvgIpc) is 2.84. The van der Waals surface area contributed by atoms with Gasteiger partial charge in [-0.2, -0.15) is 0 Å². The van der Waals surface area contributed by atoms with Gasteiger partial charge in [0.25, 0.3) is 0 Å². The van der Waals surface area contributed by atoms with Crippen LogP contribution in [0, 0.1) is 0 Å². The fourth-order valence-corrected chi connectivity index (χ4v) is 2.78. The van der Waals surface area contributed by atoms with Gasteiger partial charge in [-0.1, -0.05) is 18.2 Å². The summed E-state index contributed by atoms with van der Waals surface area (Å²) in [6.45, 7) is 3.83. The highest BCUT2D eigenvalue weighted by atomic mass is 16.8. The fourth-order valence-electron chi connectivity index (χ4n) is 2.78. The molecule has 6 nitrogen and oxygen atoms in total. The highest BCUT2D eigenvalue weighted by Crippen LogP contribution is 2.36. The van der Waals surface area contributed by atoms with E-state index in [9.17, 15) is 4.79 Å². The molecule has 0 amide bonds. The lowest BCUT2D eigenvalue weighted by atomic mass is 10.1. The van der Waals surface area contributed by atoms with Crippen molar-refractivity contribution in [1.29, 1.82) is 0 Å². The van der Waals surface area contributed by atoms with E-state index >= 15 is 0 Å². The molecule has 22 heavy (non-hydrogen) atoms. The molecule has 0 N–H and O–H groups in total. The van der Waals surface area contributed by atoms with Crippen molar-refractivity contribution >= 4 is 5.97 Å². The van der Waals surface area contributed by atoms with E-state index in [1.807, 2.05) is 19.9 Å². The number of hydrogen-bond acceptors (Lipinski definition) is 6. The number of ether oxygens (including phenoxy) is 5. The minimum Gasteiger partial charge on any atom is -0.453 e. The van der Waals surface area contributed by atoms with Crippen LogP contribution in [0.25, 0.3) is 0 Å². The Labute approximate surface area is 129 Å². The van der Waals surface area contributed by atoms with Crippen molar-refractivity contribution in [2.24, 2.45) is 0 Å². The van der Waals surface area contributed by atoms with E-state index in [0.29, 0.717) is 5.56 Å². The number of hydrogen-bond donors (Lipinski definition) is 0. The quantitative estimate of drug-likeness (QED) is 0.793. The molecule has 0 saturated carbocycles. The number of fused-ring (bicyclic) bond motifs is 1. The Morgan fingerprint density at radius 2 is 1.86 bits per heavy atom. The average molecular weight is 308 g/mol. The summed E-state index contributed by atoms with van der Waals surface area (Å²) in [5.41, 5.74) is 0.492. The van der Waals surface area contributed by atoms with Crippen molar-refractivity contribution in [3.63, 3.8) is 0 Å². The normalized spacial score (nSPS) is 33.2. The number of rotatable bonds is 3. The molecule has 120 valence electrons. The molecule has 1 aromatic rings. The van der Waals surface area contributed by atoms with Gasteiger partial charge < -0.3 is 23.7 Å². The van der Waals surface area contributed by atoms with Crippen LogP contribution >= 0.6 is 0 Å². The first-order valence-electron chi connectivity index (χ1n) is 7.26. The van der Waals surface area contributed by atoms with Crippen LogP contribution in [-0.4, -0.2) is 50.1 Å². The number of carbonyl (C=O) groups excluding carboxylic acids is 1. The second-order valence-electron chi connectivity index (χ2n) is 5.81. The molecule has 0 radical (unpaired) electrons. The molecule has 2 aliphatic rings. The molecule has 0 aromatic heterocycles. The molecule has 3 rings (SSSR count). The van der Waals surface area contributed by atoms with Gasteiger partial charge in [0.2, 0.25) is 0 Å². The molecule has 2 saturated heterocycles. The Morgan fingerprint density at radius 3 is 2.55 bits per heavy atom. The summed E-state index contributed by atoms with van der Waals surface area (Å²) in [5.74, 6) is -1.17. The third-order valence-electron chi connectivity index (χ3n) is 3.72. The van der Waals surface area contributed by atoms with Gasteiger partial charge in [-0.05, 0) is 26.0 Å². The Hall–Kier alpha value is -1.47. The number of esters is 1. The molecular weight excluding hydrogens is 288 g/mol. The van der Waals surface area contributed by atoms with E-state index in [0.717, 1.165) is 0 Å². The van der Waals surface area contributed by atoms with Crippen molar-refractivity contribution in [1.82, 2.24) is 0 Å². The van der Waals surface area contributed by atoms with E-state index in [-0.39, 0.29) is 6.61 Å². The van der Waals surface area contributed by atoms with Gasteiger partial charge in [0, 0.05) is 7.11 Å². The summed E-state index contributed by atoms with van der Waals surface area (Å²) in [7, 11) is 1.55. The predicted octanol–water partition coefficient (Wildman–Crippen LogP) is 1.73. The first-order chi connectivity index (χ1) is 10.5.